The number of benzene rings is 1. The van der Waals surface area contributed by atoms with Crippen molar-refractivity contribution in [3.8, 4) is 0 Å². The molecule has 2 heteroatoms. The number of hydrogen-bond donors (Lipinski definition) is 0. The second-order valence-electron chi connectivity index (χ2n) is 6.46. The Morgan fingerprint density at radius 1 is 1.21 bits per heavy atom. The molecule has 1 fully saturated rings. The van der Waals surface area contributed by atoms with Crippen molar-refractivity contribution < 1.29 is 0 Å². The molecule has 3 rings (SSSR count). The summed E-state index contributed by atoms with van der Waals surface area (Å²) < 4.78 is 2.56. The van der Waals surface area contributed by atoms with Gasteiger partial charge in [0.05, 0.1) is 0 Å². The summed E-state index contributed by atoms with van der Waals surface area (Å²) in [5, 5.41) is 1.40. The van der Waals surface area contributed by atoms with E-state index in [2.05, 4.69) is 60.8 Å². The first-order chi connectivity index (χ1) is 9.10. The van der Waals surface area contributed by atoms with Crippen LogP contribution in [0.4, 0.5) is 0 Å². The standard InChI is InChI=1S/C17H24N2/c1-17(9-10-17)16-13-14-7-4-5-8-15(14)19(16)12-6-11-18(2)3/h4-5,7-8,13H,6,9-12H2,1-3H3. The molecule has 1 saturated carbocycles. The fourth-order valence-corrected chi connectivity index (χ4v) is 2.94. The average Bonchev–Trinajstić information content (AvgIpc) is 3.01. The van der Waals surface area contributed by atoms with Gasteiger partial charge in [0, 0.05) is 23.2 Å². The number of para-hydroxylation sites is 1. The number of aryl methyl sites for hydroxylation is 1. The van der Waals surface area contributed by atoms with E-state index < -0.39 is 0 Å². The Hall–Kier alpha value is -1.28. The molecule has 102 valence electrons. The van der Waals surface area contributed by atoms with Crippen molar-refractivity contribution in [1.82, 2.24) is 9.47 Å². The molecule has 2 aromatic rings. The van der Waals surface area contributed by atoms with Gasteiger partial charge in [-0.15, -0.1) is 0 Å². The maximum atomic E-state index is 2.56. The highest BCUT2D eigenvalue weighted by Gasteiger charge is 2.41. The first kappa shape index (κ1) is 12.7. The summed E-state index contributed by atoms with van der Waals surface area (Å²) in [6, 6.07) is 11.2. The third kappa shape index (κ3) is 2.42. The van der Waals surface area contributed by atoms with Crippen LogP contribution in [0, 0.1) is 0 Å². The van der Waals surface area contributed by atoms with Crippen LogP contribution in [0.2, 0.25) is 0 Å². The Bertz CT molecular complexity index is 576. The van der Waals surface area contributed by atoms with Gasteiger partial charge in [0.2, 0.25) is 0 Å². The maximum absolute atomic E-state index is 2.56. The summed E-state index contributed by atoms with van der Waals surface area (Å²) in [4.78, 5) is 2.27. The topological polar surface area (TPSA) is 8.17 Å². The van der Waals surface area contributed by atoms with Gasteiger partial charge in [-0.05, 0) is 57.4 Å². The van der Waals surface area contributed by atoms with Crippen LogP contribution < -0.4 is 0 Å². The summed E-state index contributed by atoms with van der Waals surface area (Å²) in [6.07, 6.45) is 3.91. The molecular weight excluding hydrogens is 232 g/mol. The van der Waals surface area contributed by atoms with Crippen LogP contribution in [0.3, 0.4) is 0 Å². The zero-order chi connectivity index (χ0) is 13.5. The minimum Gasteiger partial charge on any atom is -0.344 e. The van der Waals surface area contributed by atoms with Gasteiger partial charge in [0.25, 0.3) is 0 Å². The van der Waals surface area contributed by atoms with E-state index in [0.717, 1.165) is 13.1 Å². The van der Waals surface area contributed by atoms with Crippen LogP contribution >= 0.6 is 0 Å². The van der Waals surface area contributed by atoms with Crippen LogP contribution in [-0.2, 0) is 12.0 Å². The van der Waals surface area contributed by atoms with Crippen LogP contribution in [0.5, 0.6) is 0 Å². The fourth-order valence-electron chi connectivity index (χ4n) is 2.94. The lowest BCUT2D eigenvalue weighted by Crippen LogP contribution is -2.17. The quantitative estimate of drug-likeness (QED) is 0.793. The Balaban J connectivity index is 1.94. The van der Waals surface area contributed by atoms with Crippen LogP contribution in [0.25, 0.3) is 10.9 Å². The minimum absolute atomic E-state index is 0.442. The molecule has 1 aromatic carbocycles. The highest BCUT2D eigenvalue weighted by molar-refractivity contribution is 5.81. The molecule has 19 heavy (non-hydrogen) atoms. The second kappa shape index (κ2) is 4.68. The van der Waals surface area contributed by atoms with Crippen LogP contribution in [0.15, 0.2) is 30.3 Å². The van der Waals surface area contributed by atoms with Crippen molar-refractivity contribution >= 4 is 10.9 Å². The van der Waals surface area contributed by atoms with Crippen molar-refractivity contribution in [3.63, 3.8) is 0 Å². The Labute approximate surface area is 116 Å². The van der Waals surface area contributed by atoms with E-state index in [1.165, 1.54) is 30.2 Å². The summed E-state index contributed by atoms with van der Waals surface area (Å²) in [5.41, 5.74) is 3.40. The number of hydrogen-bond acceptors (Lipinski definition) is 1. The number of fused-ring (bicyclic) bond motifs is 1. The first-order valence-electron chi connectivity index (χ1n) is 7.34. The molecule has 0 atom stereocenters. The van der Waals surface area contributed by atoms with Gasteiger partial charge in [0.15, 0.2) is 0 Å². The van der Waals surface area contributed by atoms with Gasteiger partial charge in [-0.1, -0.05) is 25.1 Å². The smallest absolute Gasteiger partial charge is 0.0482 e. The molecule has 0 N–H and O–H groups in total. The van der Waals surface area contributed by atoms with E-state index in [1.54, 1.807) is 5.69 Å². The van der Waals surface area contributed by atoms with Gasteiger partial charge in [-0.2, -0.15) is 0 Å². The normalized spacial score (nSPS) is 17.3. The van der Waals surface area contributed by atoms with Crippen molar-refractivity contribution in [2.45, 2.75) is 38.1 Å². The number of aromatic nitrogens is 1. The zero-order valence-electron chi connectivity index (χ0n) is 12.3. The molecule has 0 spiro atoms. The molecule has 2 nitrogen and oxygen atoms in total. The third-order valence-corrected chi connectivity index (χ3v) is 4.42. The molecular formula is C17H24N2. The van der Waals surface area contributed by atoms with Crippen LogP contribution in [-0.4, -0.2) is 30.1 Å². The van der Waals surface area contributed by atoms with Crippen molar-refractivity contribution in [2.24, 2.45) is 0 Å². The zero-order valence-corrected chi connectivity index (χ0v) is 12.3. The fraction of sp³-hybridized carbons (Fsp3) is 0.529. The van der Waals surface area contributed by atoms with E-state index in [0.29, 0.717) is 5.41 Å². The van der Waals surface area contributed by atoms with Gasteiger partial charge in [0.1, 0.15) is 0 Å². The maximum Gasteiger partial charge on any atom is 0.0482 e. The minimum atomic E-state index is 0.442. The molecule has 0 radical (unpaired) electrons. The number of nitrogens with zero attached hydrogens (tertiary/aromatic N) is 2. The largest absolute Gasteiger partial charge is 0.344 e. The SMILES string of the molecule is CN(C)CCCn1c(C2(C)CC2)cc2ccccc21. The average molecular weight is 256 g/mol. The van der Waals surface area contributed by atoms with Gasteiger partial charge in [-0.3, -0.25) is 0 Å². The Morgan fingerprint density at radius 2 is 1.95 bits per heavy atom. The van der Waals surface area contributed by atoms with Gasteiger partial charge < -0.3 is 9.47 Å². The molecule has 0 saturated heterocycles. The lowest BCUT2D eigenvalue weighted by Gasteiger charge is -2.16. The highest BCUT2D eigenvalue weighted by Crippen LogP contribution is 2.49. The lowest BCUT2D eigenvalue weighted by atomic mass is 10.1. The summed E-state index contributed by atoms with van der Waals surface area (Å²) in [6.45, 7) is 4.70. The number of rotatable bonds is 5. The van der Waals surface area contributed by atoms with E-state index in [1.807, 2.05) is 0 Å². The Kier molecular flexibility index (Phi) is 3.14. The molecule has 1 heterocycles. The molecule has 0 unspecified atom stereocenters. The third-order valence-electron chi connectivity index (χ3n) is 4.42. The van der Waals surface area contributed by atoms with Crippen LogP contribution in [0.1, 0.15) is 31.9 Å². The van der Waals surface area contributed by atoms with Crippen molar-refractivity contribution in [2.75, 3.05) is 20.6 Å². The monoisotopic (exact) mass is 256 g/mol. The summed E-state index contributed by atoms with van der Waals surface area (Å²) in [5.74, 6) is 0. The molecule has 1 aliphatic rings. The summed E-state index contributed by atoms with van der Waals surface area (Å²) in [7, 11) is 4.30. The van der Waals surface area contributed by atoms with E-state index >= 15 is 0 Å². The van der Waals surface area contributed by atoms with Crippen molar-refractivity contribution in [3.05, 3.63) is 36.0 Å². The predicted octanol–water partition coefficient (Wildman–Crippen LogP) is 3.64. The Morgan fingerprint density at radius 3 is 2.63 bits per heavy atom. The molecule has 1 aromatic heterocycles. The van der Waals surface area contributed by atoms with E-state index in [-0.39, 0.29) is 0 Å². The lowest BCUT2D eigenvalue weighted by molar-refractivity contribution is 0.385. The predicted molar refractivity (Wildman–Crippen MR) is 81.7 cm³/mol. The summed E-state index contributed by atoms with van der Waals surface area (Å²) >= 11 is 0. The molecule has 0 amide bonds. The van der Waals surface area contributed by atoms with E-state index in [4.69, 9.17) is 0 Å². The molecule has 0 aliphatic heterocycles. The second-order valence-corrected chi connectivity index (χ2v) is 6.46. The highest BCUT2D eigenvalue weighted by atomic mass is 15.1. The van der Waals surface area contributed by atoms with Crippen molar-refractivity contribution in [1.29, 1.82) is 0 Å². The van der Waals surface area contributed by atoms with Gasteiger partial charge >= 0.3 is 0 Å². The van der Waals surface area contributed by atoms with Gasteiger partial charge in [-0.25, -0.2) is 0 Å². The van der Waals surface area contributed by atoms with E-state index in [9.17, 15) is 0 Å². The first-order valence-corrected chi connectivity index (χ1v) is 7.34. The molecule has 0 bridgehead atoms. The molecule has 1 aliphatic carbocycles.